The molecule has 34 heavy (non-hydrogen) atoms. The van der Waals surface area contributed by atoms with Gasteiger partial charge in [0.1, 0.15) is 28.9 Å². The molecule has 2 N–H and O–H groups in total. The number of hydrogen-bond acceptors (Lipinski definition) is 5. The summed E-state index contributed by atoms with van der Waals surface area (Å²) >= 11 is 0. The standard InChI is InChI=1S/C26H21F2NO5/c1-13-10-21(34-3)14(2)9-18(13)24(31)22-23(15-5-4-6-17(30)11-15)29(26(33)25(22)32)20-8-7-16(27)12-19(20)28/h4-12,23,30-31H,1-3H3/b24-22+. The molecule has 1 fully saturated rings. The van der Waals surface area contributed by atoms with Gasteiger partial charge in [-0.1, -0.05) is 12.1 Å². The summed E-state index contributed by atoms with van der Waals surface area (Å²) in [5.41, 5.74) is 1.19. The molecular formula is C26H21F2NO5. The lowest BCUT2D eigenvalue weighted by molar-refractivity contribution is -0.132. The highest BCUT2D eigenvalue weighted by molar-refractivity contribution is 6.51. The van der Waals surface area contributed by atoms with Gasteiger partial charge < -0.3 is 14.9 Å². The fourth-order valence-corrected chi connectivity index (χ4v) is 4.18. The number of carbonyl (C=O) groups excluding carboxylic acids is 2. The molecule has 3 aromatic carbocycles. The average molecular weight is 465 g/mol. The Bertz CT molecular complexity index is 1370. The van der Waals surface area contributed by atoms with Gasteiger partial charge >= 0.3 is 0 Å². The monoisotopic (exact) mass is 465 g/mol. The zero-order valence-corrected chi connectivity index (χ0v) is 18.6. The summed E-state index contributed by atoms with van der Waals surface area (Å²) in [5, 5.41) is 21.3. The number of carbonyl (C=O) groups is 2. The van der Waals surface area contributed by atoms with Gasteiger partial charge in [-0.15, -0.1) is 0 Å². The smallest absolute Gasteiger partial charge is 0.300 e. The van der Waals surface area contributed by atoms with E-state index in [-0.39, 0.29) is 22.6 Å². The van der Waals surface area contributed by atoms with Crippen LogP contribution in [0.15, 0.2) is 60.2 Å². The minimum atomic E-state index is -1.27. The van der Waals surface area contributed by atoms with Crippen molar-refractivity contribution in [3.8, 4) is 11.5 Å². The first-order valence-electron chi connectivity index (χ1n) is 10.3. The number of methoxy groups -OCH3 is 1. The van der Waals surface area contributed by atoms with Crippen molar-refractivity contribution in [2.75, 3.05) is 12.0 Å². The van der Waals surface area contributed by atoms with Crippen LogP contribution in [0.25, 0.3) is 5.76 Å². The molecule has 0 bridgehead atoms. The van der Waals surface area contributed by atoms with Gasteiger partial charge in [0.25, 0.3) is 11.7 Å². The number of aromatic hydroxyl groups is 1. The van der Waals surface area contributed by atoms with Crippen LogP contribution in [0.1, 0.15) is 28.3 Å². The highest BCUT2D eigenvalue weighted by atomic mass is 19.1. The maximum atomic E-state index is 14.7. The molecule has 0 aliphatic carbocycles. The highest BCUT2D eigenvalue weighted by Gasteiger charge is 2.48. The third-order valence-electron chi connectivity index (χ3n) is 5.80. The van der Waals surface area contributed by atoms with Crippen molar-refractivity contribution in [2.45, 2.75) is 19.9 Å². The summed E-state index contributed by atoms with van der Waals surface area (Å²) in [7, 11) is 1.51. The number of Topliss-reactive ketones (excluding diaryl/α,β-unsaturated/α-hetero) is 1. The van der Waals surface area contributed by atoms with E-state index in [1.807, 2.05) is 0 Å². The number of nitrogens with zero attached hydrogens (tertiary/aromatic N) is 1. The molecule has 8 heteroatoms. The third kappa shape index (κ3) is 3.77. The number of anilines is 1. The van der Waals surface area contributed by atoms with E-state index in [0.717, 1.165) is 17.0 Å². The molecule has 1 heterocycles. The summed E-state index contributed by atoms with van der Waals surface area (Å²) in [4.78, 5) is 27.1. The molecule has 6 nitrogen and oxygen atoms in total. The van der Waals surface area contributed by atoms with Gasteiger partial charge in [0, 0.05) is 11.6 Å². The van der Waals surface area contributed by atoms with Gasteiger partial charge in [-0.05, 0) is 66.9 Å². The zero-order valence-electron chi connectivity index (χ0n) is 18.6. The summed E-state index contributed by atoms with van der Waals surface area (Å²) in [5.74, 6) is -4.07. The van der Waals surface area contributed by atoms with E-state index in [0.29, 0.717) is 28.5 Å². The van der Waals surface area contributed by atoms with Crippen molar-refractivity contribution in [2.24, 2.45) is 0 Å². The first-order chi connectivity index (χ1) is 16.1. The van der Waals surface area contributed by atoms with Crippen molar-refractivity contribution in [1.82, 2.24) is 0 Å². The Kier molecular flexibility index (Phi) is 5.83. The zero-order chi connectivity index (χ0) is 24.7. The van der Waals surface area contributed by atoms with Crippen LogP contribution in [0.2, 0.25) is 0 Å². The van der Waals surface area contributed by atoms with Crippen molar-refractivity contribution < 1.29 is 33.3 Å². The molecule has 1 atom stereocenters. The number of aliphatic hydroxyl groups is 1. The number of halogens is 2. The fourth-order valence-electron chi connectivity index (χ4n) is 4.18. The SMILES string of the molecule is COc1cc(C)c(/C(O)=C2\C(=O)C(=O)N(c3ccc(F)cc3F)C2c2cccc(O)c2)cc1C. The second kappa shape index (κ2) is 8.62. The molecule has 0 radical (unpaired) electrons. The van der Waals surface area contributed by atoms with Gasteiger partial charge in [0.2, 0.25) is 0 Å². The molecule has 1 unspecified atom stereocenters. The minimum absolute atomic E-state index is 0.154. The topological polar surface area (TPSA) is 87.1 Å². The molecule has 3 aromatic rings. The fraction of sp³-hybridized carbons (Fsp3) is 0.154. The maximum Gasteiger partial charge on any atom is 0.300 e. The molecule has 1 aliphatic heterocycles. The maximum absolute atomic E-state index is 14.7. The van der Waals surface area contributed by atoms with Gasteiger partial charge in [-0.2, -0.15) is 0 Å². The van der Waals surface area contributed by atoms with E-state index in [4.69, 9.17) is 4.74 Å². The molecule has 1 amide bonds. The van der Waals surface area contributed by atoms with Crippen molar-refractivity contribution >= 4 is 23.1 Å². The van der Waals surface area contributed by atoms with E-state index in [9.17, 15) is 28.6 Å². The molecule has 0 aromatic heterocycles. The van der Waals surface area contributed by atoms with Gasteiger partial charge in [0.05, 0.1) is 24.4 Å². The number of phenolic OH excluding ortho intramolecular Hbond substituents is 1. The van der Waals surface area contributed by atoms with Crippen LogP contribution in [0.4, 0.5) is 14.5 Å². The lowest BCUT2D eigenvalue weighted by atomic mass is 9.93. The Morgan fingerprint density at radius 1 is 1.00 bits per heavy atom. The van der Waals surface area contributed by atoms with Crippen LogP contribution in [-0.4, -0.2) is 29.0 Å². The quantitative estimate of drug-likeness (QED) is 0.324. The van der Waals surface area contributed by atoms with E-state index < -0.39 is 35.1 Å². The predicted molar refractivity (Wildman–Crippen MR) is 122 cm³/mol. The lowest BCUT2D eigenvalue weighted by Gasteiger charge is -2.26. The number of hydrogen-bond donors (Lipinski definition) is 2. The lowest BCUT2D eigenvalue weighted by Crippen LogP contribution is -2.30. The first kappa shape index (κ1) is 23.0. The Labute approximate surface area is 194 Å². The number of rotatable bonds is 4. The highest BCUT2D eigenvalue weighted by Crippen LogP contribution is 2.44. The van der Waals surface area contributed by atoms with Crippen LogP contribution in [0.3, 0.4) is 0 Å². The van der Waals surface area contributed by atoms with Crippen LogP contribution in [0, 0.1) is 25.5 Å². The van der Waals surface area contributed by atoms with Gasteiger partial charge in [-0.3, -0.25) is 14.5 Å². The average Bonchev–Trinajstić information content (AvgIpc) is 3.05. The van der Waals surface area contributed by atoms with E-state index in [1.54, 1.807) is 26.0 Å². The predicted octanol–water partition coefficient (Wildman–Crippen LogP) is 4.92. The Hall–Kier alpha value is -4.20. The molecule has 1 saturated heterocycles. The van der Waals surface area contributed by atoms with Gasteiger partial charge in [-0.25, -0.2) is 8.78 Å². The van der Waals surface area contributed by atoms with Crippen molar-refractivity contribution in [3.63, 3.8) is 0 Å². The summed E-state index contributed by atoms with van der Waals surface area (Å²) < 4.78 is 33.6. The normalized spacial score (nSPS) is 17.3. The Morgan fingerprint density at radius 3 is 2.38 bits per heavy atom. The minimum Gasteiger partial charge on any atom is -0.508 e. The number of amides is 1. The van der Waals surface area contributed by atoms with Gasteiger partial charge in [0.15, 0.2) is 0 Å². The molecule has 174 valence electrons. The molecule has 1 aliphatic rings. The Morgan fingerprint density at radius 2 is 1.74 bits per heavy atom. The van der Waals surface area contributed by atoms with Crippen LogP contribution >= 0.6 is 0 Å². The van der Waals surface area contributed by atoms with E-state index in [1.165, 1.54) is 31.4 Å². The molecule has 0 spiro atoms. The number of aryl methyl sites for hydroxylation is 2. The first-order valence-corrected chi connectivity index (χ1v) is 10.3. The number of aliphatic hydroxyl groups excluding tert-OH is 1. The second-order valence-corrected chi connectivity index (χ2v) is 8.00. The number of ketones is 1. The van der Waals surface area contributed by atoms with Crippen molar-refractivity contribution in [1.29, 1.82) is 0 Å². The molecule has 0 saturated carbocycles. The van der Waals surface area contributed by atoms with E-state index >= 15 is 0 Å². The van der Waals surface area contributed by atoms with Crippen LogP contribution in [-0.2, 0) is 9.59 Å². The number of ether oxygens (including phenoxy) is 1. The summed E-state index contributed by atoms with van der Waals surface area (Å²) in [6.07, 6.45) is 0. The van der Waals surface area contributed by atoms with Crippen molar-refractivity contribution in [3.05, 3.63) is 94.1 Å². The second-order valence-electron chi connectivity index (χ2n) is 8.00. The number of benzene rings is 3. The third-order valence-corrected chi connectivity index (χ3v) is 5.80. The Balaban J connectivity index is 2.00. The summed E-state index contributed by atoms with van der Waals surface area (Å²) in [6.45, 7) is 3.46. The number of phenols is 1. The molecule has 4 rings (SSSR count). The van der Waals surface area contributed by atoms with E-state index in [2.05, 4.69) is 0 Å². The van der Waals surface area contributed by atoms with Crippen LogP contribution < -0.4 is 9.64 Å². The summed E-state index contributed by atoms with van der Waals surface area (Å²) in [6, 6.07) is 10.4. The largest absolute Gasteiger partial charge is 0.508 e. The molecular weight excluding hydrogens is 444 g/mol. The van der Waals surface area contributed by atoms with Crippen LogP contribution in [0.5, 0.6) is 11.5 Å².